The van der Waals surface area contributed by atoms with Gasteiger partial charge in [0.25, 0.3) is 0 Å². The van der Waals surface area contributed by atoms with Gasteiger partial charge >= 0.3 is 0 Å². The van der Waals surface area contributed by atoms with Gasteiger partial charge in [0, 0.05) is 17.4 Å². The van der Waals surface area contributed by atoms with E-state index in [1.807, 2.05) is 18.2 Å². The van der Waals surface area contributed by atoms with Gasteiger partial charge < -0.3 is 15.8 Å². The van der Waals surface area contributed by atoms with Gasteiger partial charge in [-0.1, -0.05) is 13.0 Å². The second kappa shape index (κ2) is 6.08. The van der Waals surface area contributed by atoms with E-state index in [4.69, 9.17) is 10.5 Å². The summed E-state index contributed by atoms with van der Waals surface area (Å²) in [4.78, 5) is 0. The monoisotopic (exact) mass is 282 g/mol. The summed E-state index contributed by atoms with van der Waals surface area (Å²) in [5.41, 5.74) is 11.7. The second-order valence-electron chi connectivity index (χ2n) is 5.56. The summed E-state index contributed by atoms with van der Waals surface area (Å²) in [6.45, 7) is 2.77. The van der Waals surface area contributed by atoms with Crippen LogP contribution in [-0.2, 0) is 12.8 Å². The molecule has 3 rings (SSSR count). The zero-order valence-corrected chi connectivity index (χ0v) is 12.5. The number of nitrogens with one attached hydrogen (secondary N) is 1. The highest BCUT2D eigenvalue weighted by atomic mass is 16.5. The molecule has 1 aliphatic rings. The van der Waals surface area contributed by atoms with Gasteiger partial charge in [-0.2, -0.15) is 0 Å². The molecule has 1 aliphatic carbocycles. The van der Waals surface area contributed by atoms with E-state index in [0.29, 0.717) is 12.3 Å². The topological polar surface area (TPSA) is 47.3 Å². The fraction of sp³-hybridized carbons (Fsp3) is 0.333. The van der Waals surface area contributed by atoms with Crippen molar-refractivity contribution in [3.63, 3.8) is 0 Å². The first-order valence-corrected chi connectivity index (χ1v) is 7.67. The Hall–Kier alpha value is -2.16. The second-order valence-corrected chi connectivity index (χ2v) is 5.56. The summed E-state index contributed by atoms with van der Waals surface area (Å²) < 4.78 is 5.67. The van der Waals surface area contributed by atoms with Gasteiger partial charge in [0.15, 0.2) is 0 Å². The van der Waals surface area contributed by atoms with Crippen molar-refractivity contribution in [3.8, 4) is 5.75 Å². The van der Waals surface area contributed by atoms with Crippen LogP contribution in [-0.4, -0.2) is 6.61 Å². The largest absolute Gasteiger partial charge is 0.491 e. The van der Waals surface area contributed by atoms with E-state index in [1.54, 1.807) is 0 Å². The number of anilines is 3. The molecule has 0 spiro atoms. The van der Waals surface area contributed by atoms with Crippen molar-refractivity contribution in [2.24, 2.45) is 0 Å². The Bertz CT molecular complexity index is 637. The molecule has 0 unspecified atom stereocenters. The SMILES string of the molecule is CCCOc1cc(Nc2ccc3c(c2)CCC3)ccc1N. The molecule has 0 amide bonds. The van der Waals surface area contributed by atoms with E-state index >= 15 is 0 Å². The third kappa shape index (κ3) is 3.13. The molecule has 0 aliphatic heterocycles. The quantitative estimate of drug-likeness (QED) is 0.804. The van der Waals surface area contributed by atoms with Crippen molar-refractivity contribution >= 4 is 17.1 Å². The fourth-order valence-electron chi connectivity index (χ4n) is 2.77. The van der Waals surface area contributed by atoms with E-state index < -0.39 is 0 Å². The molecule has 3 N–H and O–H groups in total. The summed E-state index contributed by atoms with van der Waals surface area (Å²) in [5, 5.41) is 3.44. The Morgan fingerprint density at radius 1 is 1.05 bits per heavy atom. The molecule has 0 bridgehead atoms. The van der Waals surface area contributed by atoms with Crippen LogP contribution in [0.3, 0.4) is 0 Å². The van der Waals surface area contributed by atoms with E-state index in [2.05, 4.69) is 30.4 Å². The maximum absolute atomic E-state index is 5.94. The molecule has 3 nitrogen and oxygen atoms in total. The fourth-order valence-corrected chi connectivity index (χ4v) is 2.77. The third-order valence-electron chi connectivity index (χ3n) is 3.86. The number of fused-ring (bicyclic) bond motifs is 1. The third-order valence-corrected chi connectivity index (χ3v) is 3.86. The van der Waals surface area contributed by atoms with Gasteiger partial charge in [-0.3, -0.25) is 0 Å². The van der Waals surface area contributed by atoms with Gasteiger partial charge in [-0.05, 0) is 61.1 Å². The lowest BCUT2D eigenvalue weighted by Crippen LogP contribution is -2.00. The molecule has 0 saturated heterocycles. The molecule has 21 heavy (non-hydrogen) atoms. The molecule has 3 heteroatoms. The maximum atomic E-state index is 5.94. The molecule has 0 fully saturated rings. The zero-order chi connectivity index (χ0) is 14.7. The lowest BCUT2D eigenvalue weighted by atomic mass is 10.1. The standard InChI is InChI=1S/C18H22N2O/c1-2-10-21-18-12-16(8-9-17(18)19)20-15-7-6-13-4-3-5-14(13)11-15/h6-9,11-12,20H,2-5,10,19H2,1H3. The molecular weight excluding hydrogens is 260 g/mol. The normalized spacial score (nSPS) is 13.0. The molecule has 0 aromatic heterocycles. The number of nitrogen functional groups attached to an aromatic ring is 1. The van der Waals surface area contributed by atoms with Crippen LogP contribution in [0.1, 0.15) is 30.9 Å². The van der Waals surface area contributed by atoms with Gasteiger partial charge in [-0.15, -0.1) is 0 Å². The van der Waals surface area contributed by atoms with Crippen molar-refractivity contribution in [2.75, 3.05) is 17.7 Å². The van der Waals surface area contributed by atoms with Gasteiger partial charge in [-0.25, -0.2) is 0 Å². The Kier molecular flexibility index (Phi) is 4.00. The highest BCUT2D eigenvalue weighted by molar-refractivity contribution is 5.67. The van der Waals surface area contributed by atoms with Crippen LogP contribution in [0.2, 0.25) is 0 Å². The number of aryl methyl sites for hydroxylation is 2. The van der Waals surface area contributed by atoms with Crippen molar-refractivity contribution in [2.45, 2.75) is 32.6 Å². The van der Waals surface area contributed by atoms with Crippen LogP contribution >= 0.6 is 0 Å². The molecule has 0 radical (unpaired) electrons. The van der Waals surface area contributed by atoms with E-state index in [-0.39, 0.29) is 0 Å². The number of hydrogen-bond acceptors (Lipinski definition) is 3. The molecule has 2 aromatic carbocycles. The van der Waals surface area contributed by atoms with E-state index in [1.165, 1.54) is 30.4 Å². The molecule has 0 atom stereocenters. The minimum atomic E-state index is 0.683. The van der Waals surface area contributed by atoms with Crippen LogP contribution in [0, 0.1) is 0 Å². The Balaban J connectivity index is 1.78. The molecule has 0 heterocycles. The van der Waals surface area contributed by atoms with Gasteiger partial charge in [0.05, 0.1) is 12.3 Å². The Morgan fingerprint density at radius 3 is 2.67 bits per heavy atom. The van der Waals surface area contributed by atoms with Gasteiger partial charge in [0.2, 0.25) is 0 Å². The highest BCUT2D eigenvalue weighted by Crippen LogP contribution is 2.30. The number of rotatable bonds is 5. The Morgan fingerprint density at radius 2 is 1.81 bits per heavy atom. The minimum absolute atomic E-state index is 0.683. The first-order valence-electron chi connectivity index (χ1n) is 7.67. The van der Waals surface area contributed by atoms with E-state index in [0.717, 1.165) is 23.5 Å². The Labute approximate surface area is 126 Å². The van der Waals surface area contributed by atoms with Gasteiger partial charge in [0.1, 0.15) is 5.75 Å². The number of ether oxygens (including phenoxy) is 1. The average molecular weight is 282 g/mol. The summed E-state index contributed by atoms with van der Waals surface area (Å²) in [6.07, 6.45) is 4.65. The lowest BCUT2D eigenvalue weighted by Gasteiger charge is -2.12. The predicted octanol–water partition coefficient (Wildman–Crippen LogP) is 4.29. The van der Waals surface area contributed by atoms with Crippen LogP contribution in [0.4, 0.5) is 17.1 Å². The minimum Gasteiger partial charge on any atom is -0.491 e. The van der Waals surface area contributed by atoms with Crippen molar-refractivity contribution in [1.82, 2.24) is 0 Å². The predicted molar refractivity (Wildman–Crippen MR) is 88.4 cm³/mol. The summed E-state index contributed by atoms with van der Waals surface area (Å²) in [7, 11) is 0. The highest BCUT2D eigenvalue weighted by Gasteiger charge is 2.11. The first-order chi connectivity index (χ1) is 10.3. The molecule has 0 saturated carbocycles. The number of nitrogens with two attached hydrogens (primary N) is 1. The van der Waals surface area contributed by atoms with Crippen LogP contribution in [0.15, 0.2) is 36.4 Å². The number of benzene rings is 2. The lowest BCUT2D eigenvalue weighted by molar-refractivity contribution is 0.319. The smallest absolute Gasteiger partial charge is 0.144 e. The molecule has 2 aromatic rings. The first kappa shape index (κ1) is 13.8. The summed E-state index contributed by atoms with van der Waals surface area (Å²) >= 11 is 0. The summed E-state index contributed by atoms with van der Waals surface area (Å²) in [6, 6.07) is 12.5. The van der Waals surface area contributed by atoms with Crippen LogP contribution in [0.5, 0.6) is 5.75 Å². The van der Waals surface area contributed by atoms with Crippen molar-refractivity contribution in [1.29, 1.82) is 0 Å². The number of hydrogen-bond donors (Lipinski definition) is 2. The van der Waals surface area contributed by atoms with Crippen molar-refractivity contribution < 1.29 is 4.74 Å². The zero-order valence-electron chi connectivity index (χ0n) is 12.5. The van der Waals surface area contributed by atoms with Crippen LogP contribution in [0.25, 0.3) is 0 Å². The average Bonchev–Trinajstić information content (AvgIpc) is 2.95. The molecule has 110 valence electrons. The maximum Gasteiger partial charge on any atom is 0.144 e. The summed E-state index contributed by atoms with van der Waals surface area (Å²) in [5.74, 6) is 0.753. The van der Waals surface area contributed by atoms with Crippen molar-refractivity contribution in [3.05, 3.63) is 47.5 Å². The molecular formula is C18H22N2O. The van der Waals surface area contributed by atoms with Crippen LogP contribution < -0.4 is 15.8 Å². The van der Waals surface area contributed by atoms with E-state index in [9.17, 15) is 0 Å².